The minimum Gasteiger partial charge on any atom is -0.495 e. The van der Waals surface area contributed by atoms with Crippen LogP contribution >= 0.6 is 0 Å². The number of ether oxygens (including phenoxy) is 2. The van der Waals surface area contributed by atoms with Crippen molar-refractivity contribution in [3.63, 3.8) is 0 Å². The second-order valence-corrected chi connectivity index (χ2v) is 8.44. The molecule has 1 aromatic carbocycles. The number of nitrogen functional groups attached to an aromatic ring is 1. The smallest absolute Gasteiger partial charge is 0.144 e. The summed E-state index contributed by atoms with van der Waals surface area (Å²) in [5, 5.41) is 6.57. The van der Waals surface area contributed by atoms with E-state index in [1.165, 1.54) is 45.2 Å². The van der Waals surface area contributed by atoms with Gasteiger partial charge in [-0.1, -0.05) is 0 Å². The Bertz CT molecular complexity index is 651. The van der Waals surface area contributed by atoms with Crippen LogP contribution in [0.15, 0.2) is 17.1 Å². The van der Waals surface area contributed by atoms with Gasteiger partial charge in [-0.15, -0.1) is 0 Å². The second-order valence-electron chi connectivity index (χ2n) is 8.44. The van der Waals surface area contributed by atoms with Crippen molar-refractivity contribution < 1.29 is 9.47 Å². The van der Waals surface area contributed by atoms with E-state index in [1.807, 2.05) is 25.4 Å². The third-order valence-corrected chi connectivity index (χ3v) is 6.40. The number of rotatable bonds is 9. The van der Waals surface area contributed by atoms with Gasteiger partial charge in [0.25, 0.3) is 0 Å². The topological polar surface area (TPSA) is 80.9 Å². The first-order valence-corrected chi connectivity index (χ1v) is 11.2. The summed E-state index contributed by atoms with van der Waals surface area (Å²) in [4.78, 5) is 4.82. The molecular formula is C23H38N4O2. The number of nitrogens with two attached hydrogens (primary N) is 1. The van der Waals surface area contributed by atoms with E-state index in [2.05, 4.69) is 10.6 Å². The number of methoxy groups -OCH3 is 1. The summed E-state index contributed by atoms with van der Waals surface area (Å²) >= 11 is 0. The third-order valence-electron chi connectivity index (χ3n) is 6.40. The fraction of sp³-hybridized carbons (Fsp3) is 0.696. The molecule has 0 unspecified atom stereocenters. The monoisotopic (exact) mass is 402 g/mol. The summed E-state index contributed by atoms with van der Waals surface area (Å²) in [6.45, 7) is 4.19. The van der Waals surface area contributed by atoms with Crippen LogP contribution in [0.1, 0.15) is 50.5 Å². The van der Waals surface area contributed by atoms with Gasteiger partial charge >= 0.3 is 0 Å². The first kappa shape index (κ1) is 21.9. The first-order chi connectivity index (χ1) is 14.2. The maximum absolute atomic E-state index is 6.16. The molecule has 0 atom stereocenters. The molecule has 1 aromatic rings. The lowest BCUT2D eigenvalue weighted by molar-refractivity contribution is 0.0713. The normalized spacial score (nSPS) is 23.4. The highest BCUT2D eigenvalue weighted by atomic mass is 16.5. The molecule has 0 amide bonds. The highest BCUT2D eigenvalue weighted by Gasteiger charge is 2.21. The molecule has 6 nitrogen and oxygen atoms in total. The molecule has 4 N–H and O–H groups in total. The molecule has 162 valence electrons. The third kappa shape index (κ3) is 6.61. The van der Waals surface area contributed by atoms with Crippen molar-refractivity contribution in [2.45, 2.75) is 51.0 Å². The number of anilines is 2. The molecule has 6 heteroatoms. The number of hydrogen-bond acceptors (Lipinski definition) is 6. The minimum absolute atomic E-state index is 0.389. The van der Waals surface area contributed by atoms with E-state index in [0.717, 1.165) is 49.0 Å². The molecule has 29 heavy (non-hydrogen) atoms. The highest BCUT2D eigenvalue weighted by molar-refractivity contribution is 5.90. The van der Waals surface area contributed by atoms with E-state index in [9.17, 15) is 0 Å². The Morgan fingerprint density at radius 1 is 1.14 bits per heavy atom. The van der Waals surface area contributed by atoms with Crippen molar-refractivity contribution >= 4 is 17.6 Å². The Kier molecular flexibility index (Phi) is 8.62. The van der Waals surface area contributed by atoms with Crippen LogP contribution in [-0.2, 0) is 4.74 Å². The summed E-state index contributed by atoms with van der Waals surface area (Å²) in [5.74, 6) is 2.30. The van der Waals surface area contributed by atoms with E-state index >= 15 is 0 Å². The van der Waals surface area contributed by atoms with E-state index in [-0.39, 0.29) is 0 Å². The maximum atomic E-state index is 6.16. The zero-order valence-corrected chi connectivity index (χ0v) is 18.1. The first-order valence-electron chi connectivity index (χ1n) is 11.2. The number of hydrogen-bond donors (Lipinski definition) is 3. The maximum Gasteiger partial charge on any atom is 0.144 e. The average molecular weight is 403 g/mol. The van der Waals surface area contributed by atoms with Crippen LogP contribution < -0.4 is 21.1 Å². The van der Waals surface area contributed by atoms with Crippen molar-refractivity contribution in [2.75, 3.05) is 51.5 Å². The summed E-state index contributed by atoms with van der Waals surface area (Å²) in [6.07, 6.45) is 10.4. The molecule has 1 aliphatic heterocycles. The number of nitrogens with zero attached hydrogens (tertiary/aromatic N) is 1. The van der Waals surface area contributed by atoms with Crippen LogP contribution in [0.25, 0.3) is 0 Å². The number of benzene rings is 1. The predicted octanol–water partition coefficient (Wildman–Crippen LogP) is 3.70. The highest BCUT2D eigenvalue weighted by Crippen LogP contribution is 2.30. The summed E-state index contributed by atoms with van der Waals surface area (Å²) in [6, 6.07) is 4.24. The zero-order valence-electron chi connectivity index (χ0n) is 18.1. The van der Waals surface area contributed by atoms with E-state index in [0.29, 0.717) is 17.6 Å². The van der Waals surface area contributed by atoms with Crippen molar-refractivity contribution in [1.29, 1.82) is 0 Å². The van der Waals surface area contributed by atoms with Crippen LogP contribution in [0, 0.1) is 11.8 Å². The van der Waals surface area contributed by atoms with E-state index in [4.69, 9.17) is 20.2 Å². The minimum atomic E-state index is 0.389. The van der Waals surface area contributed by atoms with Gasteiger partial charge in [0.1, 0.15) is 5.75 Å². The lowest BCUT2D eigenvalue weighted by Crippen LogP contribution is -2.28. The summed E-state index contributed by atoms with van der Waals surface area (Å²) < 4.78 is 11.4. The summed E-state index contributed by atoms with van der Waals surface area (Å²) in [5.41, 5.74) is 8.72. The van der Waals surface area contributed by atoms with E-state index < -0.39 is 0 Å². The molecular weight excluding hydrogens is 364 g/mol. The van der Waals surface area contributed by atoms with Gasteiger partial charge in [-0.2, -0.15) is 0 Å². The van der Waals surface area contributed by atoms with Crippen molar-refractivity contribution in [3.8, 4) is 5.75 Å². The largest absolute Gasteiger partial charge is 0.495 e. The Hall–Kier alpha value is -1.79. The van der Waals surface area contributed by atoms with Crippen LogP contribution in [0.4, 0.5) is 11.4 Å². The van der Waals surface area contributed by atoms with Crippen molar-refractivity contribution in [2.24, 2.45) is 16.8 Å². The number of piperidine rings is 1. The van der Waals surface area contributed by atoms with Gasteiger partial charge in [0.05, 0.1) is 12.8 Å². The average Bonchev–Trinajstić information content (AvgIpc) is 2.77. The van der Waals surface area contributed by atoms with E-state index in [1.54, 1.807) is 7.11 Å². The Morgan fingerprint density at radius 2 is 1.90 bits per heavy atom. The Morgan fingerprint density at radius 3 is 2.59 bits per heavy atom. The van der Waals surface area contributed by atoms with Gasteiger partial charge in [-0.3, -0.25) is 4.99 Å². The van der Waals surface area contributed by atoms with Gasteiger partial charge < -0.3 is 25.8 Å². The van der Waals surface area contributed by atoms with Gasteiger partial charge in [0, 0.05) is 49.8 Å². The number of aliphatic imine (C=N–C) groups is 1. The van der Waals surface area contributed by atoms with Gasteiger partial charge in [-0.25, -0.2) is 0 Å². The van der Waals surface area contributed by atoms with Gasteiger partial charge in [0.15, 0.2) is 0 Å². The molecule has 1 saturated carbocycles. The predicted molar refractivity (Wildman–Crippen MR) is 121 cm³/mol. The standard InChI is InChI=1S/C23H38N4O2/c1-25-22-13-19(21(24)14-23(22)28-2)15-27-20-5-3-18(4-6-20)16-29-12-9-17-7-10-26-11-8-17/h13-15,17-18,20,25-26H,3-12,16,24H2,1-2H3. The van der Waals surface area contributed by atoms with Crippen LogP contribution in [0.3, 0.4) is 0 Å². The SMILES string of the molecule is CNc1cc(C=NC2CCC(COCCC3CCNCC3)CC2)c(N)cc1OC. The Balaban J connectivity index is 1.38. The molecule has 0 radical (unpaired) electrons. The Labute approximate surface area is 175 Å². The van der Waals surface area contributed by atoms with Crippen LogP contribution in [0.2, 0.25) is 0 Å². The fourth-order valence-corrected chi connectivity index (χ4v) is 4.41. The molecule has 0 spiro atoms. The molecule has 0 bridgehead atoms. The molecule has 1 heterocycles. The molecule has 3 rings (SSSR count). The number of nitrogens with one attached hydrogen (secondary N) is 2. The van der Waals surface area contributed by atoms with Gasteiger partial charge in [0.2, 0.25) is 0 Å². The summed E-state index contributed by atoms with van der Waals surface area (Å²) in [7, 11) is 3.53. The van der Waals surface area contributed by atoms with Crippen LogP contribution in [0.5, 0.6) is 5.75 Å². The van der Waals surface area contributed by atoms with Crippen molar-refractivity contribution in [3.05, 3.63) is 17.7 Å². The molecule has 1 aliphatic carbocycles. The quantitative estimate of drug-likeness (QED) is 0.333. The lowest BCUT2D eigenvalue weighted by Gasteiger charge is -2.27. The van der Waals surface area contributed by atoms with Crippen molar-refractivity contribution in [1.82, 2.24) is 5.32 Å². The lowest BCUT2D eigenvalue weighted by atomic mass is 9.87. The second kappa shape index (κ2) is 11.4. The van der Waals surface area contributed by atoms with Crippen LogP contribution in [-0.4, -0.2) is 52.7 Å². The van der Waals surface area contributed by atoms with Gasteiger partial charge in [-0.05, 0) is 75.9 Å². The molecule has 0 aromatic heterocycles. The zero-order chi connectivity index (χ0) is 20.5. The molecule has 2 fully saturated rings. The fourth-order valence-electron chi connectivity index (χ4n) is 4.41. The molecule has 2 aliphatic rings. The molecule has 1 saturated heterocycles.